The second-order valence-corrected chi connectivity index (χ2v) is 7.55. The third-order valence-corrected chi connectivity index (χ3v) is 4.02. The van der Waals surface area contributed by atoms with Crippen LogP contribution in [0.5, 0.6) is 5.75 Å². The molecule has 0 saturated heterocycles. The Labute approximate surface area is 148 Å². The minimum Gasteiger partial charge on any atom is -0.464 e. The second-order valence-electron chi connectivity index (χ2n) is 7.55. The first-order chi connectivity index (χ1) is 11.5. The van der Waals surface area contributed by atoms with Gasteiger partial charge in [0.25, 0.3) is 0 Å². The van der Waals surface area contributed by atoms with Gasteiger partial charge in [0.1, 0.15) is 5.75 Å². The Balaban J connectivity index is 2.15. The predicted octanol–water partition coefficient (Wildman–Crippen LogP) is 5.57. The first-order valence-electron chi connectivity index (χ1n) is 9.48. The number of para-hydroxylation sites is 1. The summed E-state index contributed by atoms with van der Waals surface area (Å²) in [7, 11) is 0. The van der Waals surface area contributed by atoms with Gasteiger partial charge in [-0.25, -0.2) is 0 Å². The maximum Gasteiger partial charge on any atom is 0.204 e. The lowest BCUT2D eigenvalue weighted by Crippen LogP contribution is -2.35. The first-order valence-corrected chi connectivity index (χ1v) is 9.48. The molecule has 0 radical (unpaired) electrons. The molecule has 0 aliphatic carbocycles. The van der Waals surface area contributed by atoms with Gasteiger partial charge in [-0.1, -0.05) is 77.5 Å². The van der Waals surface area contributed by atoms with E-state index in [2.05, 4.69) is 20.8 Å². The van der Waals surface area contributed by atoms with Gasteiger partial charge >= 0.3 is 0 Å². The smallest absolute Gasteiger partial charge is 0.204 e. The van der Waals surface area contributed by atoms with E-state index in [0.717, 1.165) is 31.6 Å². The average molecular weight is 337 g/mol. The lowest BCUT2D eigenvalue weighted by atomic mass is 9.96. The molecule has 0 bridgehead atoms. The largest absolute Gasteiger partial charge is 0.464 e. The Morgan fingerprint density at radius 1 is 0.833 bits per heavy atom. The van der Waals surface area contributed by atoms with E-state index >= 15 is 0 Å². The number of unbranched alkanes of at least 4 members (excludes halogenated alkanes) is 7. The van der Waals surface area contributed by atoms with Gasteiger partial charge < -0.3 is 14.6 Å². The van der Waals surface area contributed by atoms with Crippen LogP contribution in [-0.2, 0) is 4.74 Å². The molecule has 3 nitrogen and oxygen atoms in total. The molecule has 0 amide bonds. The summed E-state index contributed by atoms with van der Waals surface area (Å²) >= 11 is 0. The molecule has 3 heteroatoms. The molecule has 0 fully saturated rings. The van der Waals surface area contributed by atoms with Crippen LogP contribution in [0.4, 0.5) is 0 Å². The molecule has 1 aromatic carbocycles. The fourth-order valence-corrected chi connectivity index (χ4v) is 2.55. The molecule has 1 atom stereocenters. The third kappa shape index (κ3) is 9.94. The van der Waals surface area contributed by atoms with Crippen molar-refractivity contribution in [1.82, 2.24) is 0 Å². The van der Waals surface area contributed by atoms with Crippen molar-refractivity contribution < 1.29 is 14.6 Å². The Kier molecular flexibility index (Phi) is 10.8. The monoisotopic (exact) mass is 336 g/mol. The van der Waals surface area contributed by atoms with E-state index in [1.165, 1.54) is 32.1 Å². The van der Waals surface area contributed by atoms with Gasteiger partial charge in [0.2, 0.25) is 6.29 Å². The van der Waals surface area contributed by atoms with Crippen LogP contribution in [0.25, 0.3) is 0 Å². The fraction of sp³-hybridized carbons (Fsp3) is 0.714. The van der Waals surface area contributed by atoms with Crippen LogP contribution in [0.2, 0.25) is 0 Å². The van der Waals surface area contributed by atoms with E-state index in [1.54, 1.807) is 0 Å². The second kappa shape index (κ2) is 12.3. The molecular formula is C21H36O3. The molecule has 138 valence electrons. The topological polar surface area (TPSA) is 38.7 Å². The van der Waals surface area contributed by atoms with Crippen molar-refractivity contribution in [3.8, 4) is 5.75 Å². The highest BCUT2D eigenvalue weighted by molar-refractivity contribution is 5.21. The molecule has 0 heterocycles. The summed E-state index contributed by atoms with van der Waals surface area (Å²) < 4.78 is 12.0. The molecule has 1 aromatic rings. The zero-order valence-electron chi connectivity index (χ0n) is 15.8. The van der Waals surface area contributed by atoms with Crippen LogP contribution in [0, 0.1) is 5.41 Å². The molecule has 1 rings (SSSR count). The summed E-state index contributed by atoms with van der Waals surface area (Å²) in [4.78, 5) is 0. The number of hydrogen-bond donors (Lipinski definition) is 1. The van der Waals surface area contributed by atoms with Crippen LogP contribution >= 0.6 is 0 Å². The van der Waals surface area contributed by atoms with E-state index in [1.807, 2.05) is 30.3 Å². The van der Waals surface area contributed by atoms with Crippen molar-refractivity contribution in [1.29, 1.82) is 0 Å². The summed E-state index contributed by atoms with van der Waals surface area (Å²) in [5.41, 5.74) is -0.0530. The van der Waals surface area contributed by atoms with Crippen LogP contribution in [0.1, 0.15) is 72.1 Å². The Hall–Kier alpha value is -1.06. The SMILES string of the molecule is CC(C)(C)C(OCCCCCCCCCCO)Oc1ccccc1. The molecule has 0 aliphatic heterocycles. The quantitative estimate of drug-likeness (QED) is 0.378. The fourth-order valence-electron chi connectivity index (χ4n) is 2.55. The number of rotatable bonds is 13. The van der Waals surface area contributed by atoms with Crippen molar-refractivity contribution in [3.63, 3.8) is 0 Å². The highest BCUT2D eigenvalue weighted by Crippen LogP contribution is 2.26. The normalized spacial score (nSPS) is 13.0. The van der Waals surface area contributed by atoms with Gasteiger partial charge in [0.05, 0.1) is 6.61 Å². The lowest BCUT2D eigenvalue weighted by Gasteiger charge is -2.31. The van der Waals surface area contributed by atoms with E-state index in [4.69, 9.17) is 14.6 Å². The first kappa shape index (κ1) is 21.0. The maximum absolute atomic E-state index is 8.74. The Morgan fingerprint density at radius 2 is 1.38 bits per heavy atom. The molecule has 24 heavy (non-hydrogen) atoms. The van der Waals surface area contributed by atoms with E-state index in [0.29, 0.717) is 6.61 Å². The molecule has 0 aromatic heterocycles. The zero-order chi connectivity index (χ0) is 17.7. The van der Waals surface area contributed by atoms with Gasteiger partial charge in [0, 0.05) is 12.0 Å². The third-order valence-electron chi connectivity index (χ3n) is 4.02. The van der Waals surface area contributed by atoms with Crippen LogP contribution in [-0.4, -0.2) is 24.6 Å². The van der Waals surface area contributed by atoms with E-state index in [9.17, 15) is 0 Å². The van der Waals surface area contributed by atoms with Crippen molar-refractivity contribution in [2.75, 3.05) is 13.2 Å². The zero-order valence-corrected chi connectivity index (χ0v) is 15.8. The molecular weight excluding hydrogens is 300 g/mol. The van der Waals surface area contributed by atoms with Crippen molar-refractivity contribution >= 4 is 0 Å². The minimum atomic E-state index is -0.224. The summed E-state index contributed by atoms with van der Waals surface area (Å²) in [5.74, 6) is 0.861. The highest BCUT2D eigenvalue weighted by atomic mass is 16.7. The van der Waals surface area contributed by atoms with Crippen molar-refractivity contribution in [2.45, 2.75) is 78.4 Å². The number of hydrogen-bond acceptors (Lipinski definition) is 3. The minimum absolute atomic E-state index is 0.0530. The maximum atomic E-state index is 8.74. The summed E-state index contributed by atoms with van der Waals surface area (Å²) in [6.45, 7) is 7.52. The molecule has 0 aliphatic rings. The number of aliphatic hydroxyl groups excluding tert-OH is 1. The van der Waals surface area contributed by atoms with Crippen LogP contribution in [0.15, 0.2) is 30.3 Å². The van der Waals surface area contributed by atoms with E-state index < -0.39 is 0 Å². The Bertz CT molecular complexity index is 397. The van der Waals surface area contributed by atoms with Crippen molar-refractivity contribution in [3.05, 3.63) is 30.3 Å². The molecule has 0 spiro atoms. The van der Waals surface area contributed by atoms with E-state index in [-0.39, 0.29) is 11.7 Å². The lowest BCUT2D eigenvalue weighted by molar-refractivity contribution is -0.141. The number of aliphatic hydroxyl groups is 1. The molecule has 1 N–H and O–H groups in total. The summed E-state index contributed by atoms with van der Waals surface area (Å²) in [6, 6.07) is 9.90. The van der Waals surface area contributed by atoms with Crippen LogP contribution in [0.3, 0.4) is 0 Å². The average Bonchev–Trinajstić information content (AvgIpc) is 2.55. The predicted molar refractivity (Wildman–Crippen MR) is 100 cm³/mol. The highest BCUT2D eigenvalue weighted by Gasteiger charge is 2.27. The summed E-state index contributed by atoms with van der Waals surface area (Å²) in [5, 5.41) is 8.74. The van der Waals surface area contributed by atoms with Gasteiger partial charge in [-0.05, 0) is 25.0 Å². The van der Waals surface area contributed by atoms with Crippen LogP contribution < -0.4 is 4.74 Å². The van der Waals surface area contributed by atoms with Gasteiger partial charge in [-0.2, -0.15) is 0 Å². The Morgan fingerprint density at radius 3 is 1.92 bits per heavy atom. The number of ether oxygens (including phenoxy) is 2. The van der Waals surface area contributed by atoms with Gasteiger partial charge in [-0.3, -0.25) is 0 Å². The number of benzene rings is 1. The summed E-state index contributed by atoms with van der Waals surface area (Å²) in [6.07, 6.45) is 9.25. The van der Waals surface area contributed by atoms with Gasteiger partial charge in [0.15, 0.2) is 0 Å². The van der Waals surface area contributed by atoms with Crippen molar-refractivity contribution in [2.24, 2.45) is 5.41 Å². The molecule has 1 unspecified atom stereocenters. The standard InChI is InChI=1S/C21H36O3/c1-21(2,3)20(24-19-15-11-10-12-16-19)23-18-14-9-7-5-4-6-8-13-17-22/h10-12,15-16,20,22H,4-9,13-14,17-18H2,1-3H3. The van der Waals surface area contributed by atoms with Gasteiger partial charge in [-0.15, -0.1) is 0 Å². The molecule has 0 saturated carbocycles.